The fraction of sp³-hybridized carbons (Fsp3) is 0.222. The third-order valence-electron chi connectivity index (χ3n) is 3.70. The second-order valence-corrected chi connectivity index (χ2v) is 10.3. The van der Waals surface area contributed by atoms with Crippen molar-refractivity contribution in [3.05, 3.63) is 63.6 Å². The molecule has 3 rings (SSSR count). The molecule has 10 heteroatoms. The lowest BCUT2D eigenvalue weighted by atomic mass is 10.3. The Morgan fingerprint density at radius 2 is 2.14 bits per heavy atom. The number of Topliss-reactive ketones (excluding diaryl/α,β-unsaturated/α-hetero) is 1. The summed E-state index contributed by atoms with van der Waals surface area (Å²) in [6.45, 7) is 0.318. The molecule has 2 heterocycles. The van der Waals surface area contributed by atoms with Crippen LogP contribution < -0.4 is 4.72 Å². The maximum atomic E-state index is 12.5. The summed E-state index contributed by atoms with van der Waals surface area (Å²) >= 11 is 8.80. The summed E-state index contributed by atoms with van der Waals surface area (Å²) in [6.07, 6.45) is 5.19. The highest BCUT2D eigenvalue weighted by Gasteiger charge is 2.13. The van der Waals surface area contributed by atoms with Crippen molar-refractivity contribution in [2.75, 3.05) is 18.6 Å². The van der Waals surface area contributed by atoms with Crippen molar-refractivity contribution in [3.8, 4) is 5.69 Å². The summed E-state index contributed by atoms with van der Waals surface area (Å²) in [5.41, 5.74) is 0.886. The van der Waals surface area contributed by atoms with Gasteiger partial charge in [-0.2, -0.15) is 0 Å². The summed E-state index contributed by atoms with van der Waals surface area (Å²) in [4.78, 5) is 18.5. The molecule has 0 radical (unpaired) electrons. The molecule has 0 spiro atoms. The van der Waals surface area contributed by atoms with Gasteiger partial charge in [0.2, 0.25) is 10.0 Å². The lowest BCUT2D eigenvalue weighted by Gasteiger charge is -2.07. The Kier molecular flexibility index (Phi) is 6.95. The van der Waals surface area contributed by atoms with Crippen molar-refractivity contribution in [1.82, 2.24) is 14.3 Å². The molecule has 1 aromatic carbocycles. The molecule has 28 heavy (non-hydrogen) atoms. The van der Waals surface area contributed by atoms with Crippen LogP contribution >= 0.6 is 34.7 Å². The van der Waals surface area contributed by atoms with Crippen molar-refractivity contribution in [2.45, 2.75) is 11.6 Å². The topological polar surface area (TPSA) is 81.1 Å². The molecule has 6 nitrogen and oxygen atoms in total. The number of sulfonamides is 1. The first kappa shape index (κ1) is 21.1. The summed E-state index contributed by atoms with van der Waals surface area (Å²) in [6, 6.07) is 11.1. The lowest BCUT2D eigenvalue weighted by molar-refractivity contribution is 0.102. The molecule has 0 bridgehead atoms. The predicted molar refractivity (Wildman–Crippen MR) is 114 cm³/mol. The number of imidazole rings is 1. The van der Waals surface area contributed by atoms with E-state index in [1.54, 1.807) is 18.3 Å². The number of nitrogens with zero attached hydrogens (tertiary/aromatic N) is 2. The molecule has 148 valence electrons. The first-order valence-corrected chi connectivity index (χ1v) is 12.4. The van der Waals surface area contributed by atoms with Crippen LogP contribution in [0.4, 0.5) is 0 Å². The van der Waals surface area contributed by atoms with Crippen LogP contribution in [0.1, 0.15) is 14.5 Å². The molecule has 0 fully saturated rings. The Morgan fingerprint density at radius 1 is 1.32 bits per heavy atom. The molecule has 0 unspecified atom stereocenters. The first-order valence-electron chi connectivity index (χ1n) is 8.30. The van der Waals surface area contributed by atoms with Crippen molar-refractivity contribution in [3.63, 3.8) is 0 Å². The van der Waals surface area contributed by atoms with E-state index in [1.807, 2.05) is 35.0 Å². The van der Waals surface area contributed by atoms with Gasteiger partial charge in [0.1, 0.15) is 0 Å². The van der Waals surface area contributed by atoms with Crippen LogP contribution in [0.25, 0.3) is 5.69 Å². The number of nitrogens with one attached hydrogen (secondary N) is 1. The molecule has 0 aliphatic rings. The number of carbonyl (C=O) groups excluding carboxylic acids is 1. The Hall–Kier alpha value is -1.65. The van der Waals surface area contributed by atoms with Crippen LogP contribution in [0.2, 0.25) is 5.02 Å². The zero-order chi connectivity index (χ0) is 20.1. The molecular formula is C18H18ClN3O3S3. The van der Waals surface area contributed by atoms with Gasteiger partial charge < -0.3 is 0 Å². The Balaban J connectivity index is 1.59. The Labute approximate surface area is 177 Å². The number of benzene rings is 1. The van der Waals surface area contributed by atoms with E-state index in [0.29, 0.717) is 28.0 Å². The van der Waals surface area contributed by atoms with Crippen LogP contribution in [0.15, 0.2) is 53.9 Å². The molecule has 0 aliphatic heterocycles. The molecule has 1 N–H and O–H groups in total. The first-order chi connectivity index (χ1) is 13.3. The molecule has 2 aromatic heterocycles. The largest absolute Gasteiger partial charge is 0.295 e. The monoisotopic (exact) mass is 455 g/mol. The van der Waals surface area contributed by atoms with Gasteiger partial charge >= 0.3 is 0 Å². The summed E-state index contributed by atoms with van der Waals surface area (Å²) in [5.74, 6) is 0.275. The van der Waals surface area contributed by atoms with E-state index in [-0.39, 0.29) is 11.5 Å². The maximum absolute atomic E-state index is 12.5. The second-order valence-electron chi connectivity index (χ2n) is 5.95. The summed E-state index contributed by atoms with van der Waals surface area (Å²) in [7, 11) is -3.20. The Morgan fingerprint density at radius 3 is 2.89 bits per heavy atom. The zero-order valence-corrected chi connectivity index (χ0v) is 18.2. The van der Waals surface area contributed by atoms with Gasteiger partial charge in [0, 0.05) is 34.5 Å². The highest BCUT2D eigenvalue weighted by Crippen LogP contribution is 2.25. The number of ketones is 1. The number of thiophene rings is 1. The predicted octanol–water partition coefficient (Wildman–Crippen LogP) is 3.65. The number of thioether (sulfide) groups is 1. The highest BCUT2D eigenvalue weighted by atomic mass is 35.5. The standard InChI is InChI=1S/C18H18ClN3O3S3/c1-28(24,25)21-8-7-15-5-6-17(27-15)16(23)12-26-18-20-9-10-22(18)14-4-2-3-13(19)11-14/h2-6,9-11,21H,7-8,12H2,1H3. The fourth-order valence-electron chi connectivity index (χ4n) is 2.44. The molecular weight excluding hydrogens is 438 g/mol. The van der Waals surface area contributed by atoms with E-state index < -0.39 is 10.0 Å². The van der Waals surface area contributed by atoms with Crippen molar-refractivity contribution >= 4 is 50.5 Å². The number of aromatic nitrogens is 2. The number of hydrogen-bond acceptors (Lipinski definition) is 6. The number of rotatable bonds is 9. The van der Waals surface area contributed by atoms with Gasteiger partial charge in [0.05, 0.1) is 16.9 Å². The number of halogens is 1. The van der Waals surface area contributed by atoms with E-state index in [2.05, 4.69) is 9.71 Å². The minimum Gasteiger partial charge on any atom is -0.295 e. The van der Waals surface area contributed by atoms with Crippen molar-refractivity contribution in [2.24, 2.45) is 0 Å². The molecule has 3 aromatic rings. The van der Waals surface area contributed by atoms with Crippen molar-refractivity contribution in [1.29, 1.82) is 0 Å². The number of carbonyl (C=O) groups is 1. The van der Waals surface area contributed by atoms with Crippen LogP contribution in [0.5, 0.6) is 0 Å². The quantitative estimate of drug-likeness (QED) is 0.393. The van der Waals surface area contributed by atoms with E-state index in [4.69, 9.17) is 11.6 Å². The molecule has 0 atom stereocenters. The molecule has 0 aliphatic carbocycles. The lowest BCUT2D eigenvalue weighted by Crippen LogP contribution is -2.23. The normalized spacial score (nSPS) is 11.6. The fourth-order valence-corrected chi connectivity index (χ4v) is 4.99. The van der Waals surface area contributed by atoms with Crippen LogP contribution in [-0.2, 0) is 16.4 Å². The minimum absolute atomic E-state index is 0.0120. The van der Waals surface area contributed by atoms with E-state index >= 15 is 0 Å². The maximum Gasteiger partial charge on any atom is 0.208 e. The number of hydrogen-bond donors (Lipinski definition) is 1. The average molecular weight is 456 g/mol. The van der Waals surface area contributed by atoms with E-state index in [9.17, 15) is 13.2 Å². The van der Waals surface area contributed by atoms with Crippen LogP contribution in [0.3, 0.4) is 0 Å². The molecule has 0 amide bonds. The highest BCUT2D eigenvalue weighted by molar-refractivity contribution is 7.99. The van der Waals surface area contributed by atoms with Crippen molar-refractivity contribution < 1.29 is 13.2 Å². The van der Waals surface area contributed by atoms with Gasteiger partial charge in [-0.25, -0.2) is 18.1 Å². The molecule has 0 saturated carbocycles. The Bertz CT molecular complexity index is 1080. The van der Waals surface area contributed by atoms with Gasteiger partial charge in [-0.15, -0.1) is 11.3 Å². The van der Waals surface area contributed by atoms with E-state index in [1.165, 1.54) is 23.1 Å². The van der Waals surface area contributed by atoms with Crippen LogP contribution in [0, 0.1) is 0 Å². The second kappa shape index (κ2) is 9.23. The van der Waals surface area contributed by atoms with Gasteiger partial charge in [-0.3, -0.25) is 9.36 Å². The van der Waals surface area contributed by atoms with Crippen LogP contribution in [-0.4, -0.2) is 42.3 Å². The van der Waals surface area contributed by atoms with Gasteiger partial charge in [0.25, 0.3) is 0 Å². The minimum atomic E-state index is -3.20. The average Bonchev–Trinajstić information content (AvgIpc) is 3.28. The SMILES string of the molecule is CS(=O)(=O)NCCc1ccc(C(=O)CSc2nccn2-c2cccc(Cl)c2)s1. The van der Waals surface area contributed by atoms with Gasteiger partial charge in [-0.1, -0.05) is 29.4 Å². The molecule has 0 saturated heterocycles. The zero-order valence-electron chi connectivity index (χ0n) is 15.0. The smallest absolute Gasteiger partial charge is 0.208 e. The third-order valence-corrected chi connectivity index (χ3v) is 6.81. The third kappa shape index (κ3) is 5.92. The van der Waals surface area contributed by atoms with Gasteiger partial charge in [0.15, 0.2) is 10.9 Å². The van der Waals surface area contributed by atoms with Gasteiger partial charge in [-0.05, 0) is 36.8 Å². The summed E-state index contributed by atoms with van der Waals surface area (Å²) in [5, 5.41) is 1.35. The van der Waals surface area contributed by atoms with E-state index in [0.717, 1.165) is 16.8 Å². The summed E-state index contributed by atoms with van der Waals surface area (Å²) < 4.78 is 26.5.